The summed E-state index contributed by atoms with van der Waals surface area (Å²) in [7, 11) is 1.52. The molecular weight excluding hydrogens is 382 g/mol. The molecule has 2 aromatic rings. The van der Waals surface area contributed by atoms with E-state index in [4.69, 9.17) is 4.74 Å². The molecule has 0 fully saturated rings. The second-order valence-electron chi connectivity index (χ2n) is 7.72. The van der Waals surface area contributed by atoms with Gasteiger partial charge in [-0.1, -0.05) is 12.1 Å². The number of methoxy groups -OCH3 is 1. The Kier molecular flexibility index (Phi) is 7.76. The predicted octanol–water partition coefficient (Wildman–Crippen LogP) is 3.77. The van der Waals surface area contributed by atoms with Crippen LogP contribution in [-0.2, 0) is 22.4 Å². The summed E-state index contributed by atoms with van der Waals surface area (Å²) >= 11 is 0. The summed E-state index contributed by atoms with van der Waals surface area (Å²) in [5.41, 5.74) is 3.07. The first-order chi connectivity index (χ1) is 14.5. The zero-order chi connectivity index (χ0) is 21.3. The number of carbonyl (C=O) groups excluding carboxylic acids is 1. The van der Waals surface area contributed by atoms with Crippen LogP contribution in [0.5, 0.6) is 5.88 Å². The van der Waals surface area contributed by atoms with Crippen molar-refractivity contribution in [2.75, 3.05) is 19.0 Å². The third-order valence-corrected chi connectivity index (χ3v) is 5.43. The Bertz CT molecular complexity index is 867. The zero-order valence-electron chi connectivity index (χ0n) is 17.4. The van der Waals surface area contributed by atoms with Gasteiger partial charge >= 0.3 is 5.97 Å². The molecule has 3 heterocycles. The summed E-state index contributed by atoms with van der Waals surface area (Å²) < 4.78 is 5.04. The van der Waals surface area contributed by atoms with Crippen molar-refractivity contribution in [3.8, 4) is 5.88 Å². The average molecular weight is 412 g/mol. The minimum absolute atomic E-state index is 0.0807. The van der Waals surface area contributed by atoms with Gasteiger partial charge in [0.25, 0.3) is 0 Å². The van der Waals surface area contributed by atoms with E-state index in [0.29, 0.717) is 12.3 Å². The largest absolute Gasteiger partial charge is 0.481 e. The van der Waals surface area contributed by atoms with Crippen molar-refractivity contribution in [3.63, 3.8) is 0 Å². The smallest absolute Gasteiger partial charge is 0.303 e. The molecule has 2 aromatic heterocycles. The van der Waals surface area contributed by atoms with Gasteiger partial charge in [-0.15, -0.1) is 0 Å². The number of aromatic nitrogens is 2. The molecule has 1 aliphatic heterocycles. The van der Waals surface area contributed by atoms with Crippen LogP contribution in [0.4, 0.5) is 5.82 Å². The van der Waals surface area contributed by atoms with Crippen LogP contribution in [0.1, 0.15) is 61.3 Å². The number of carboxylic acid groups (broad SMARTS) is 1. The average Bonchev–Trinajstić information content (AvgIpc) is 2.76. The summed E-state index contributed by atoms with van der Waals surface area (Å²) in [5, 5.41) is 12.6. The molecule has 1 atom stereocenters. The second-order valence-corrected chi connectivity index (χ2v) is 7.72. The highest BCUT2D eigenvalue weighted by molar-refractivity contribution is 5.80. The van der Waals surface area contributed by atoms with Crippen molar-refractivity contribution in [1.29, 1.82) is 0 Å². The fourth-order valence-electron chi connectivity index (χ4n) is 3.79. The minimum atomic E-state index is -0.921. The summed E-state index contributed by atoms with van der Waals surface area (Å²) in [6.45, 7) is 0.971. The molecule has 7 nitrogen and oxygen atoms in total. The molecule has 1 unspecified atom stereocenters. The summed E-state index contributed by atoms with van der Waals surface area (Å²) in [5.74, 6) is 0.249. The highest BCUT2D eigenvalue weighted by Crippen LogP contribution is 2.26. The Morgan fingerprint density at radius 1 is 1.20 bits per heavy atom. The van der Waals surface area contributed by atoms with Crippen molar-refractivity contribution < 1.29 is 19.4 Å². The number of pyridine rings is 2. The van der Waals surface area contributed by atoms with Crippen molar-refractivity contribution in [3.05, 3.63) is 47.3 Å². The lowest BCUT2D eigenvalue weighted by molar-refractivity contribution is -0.137. The van der Waals surface area contributed by atoms with Crippen molar-refractivity contribution in [2.45, 2.75) is 57.3 Å². The first-order valence-electron chi connectivity index (χ1n) is 10.5. The monoisotopic (exact) mass is 411 g/mol. The number of fused-ring (bicyclic) bond motifs is 1. The molecule has 160 valence electrons. The number of carbonyl (C=O) groups is 2. The molecule has 0 amide bonds. The highest BCUT2D eigenvalue weighted by Gasteiger charge is 2.20. The van der Waals surface area contributed by atoms with Gasteiger partial charge in [-0.3, -0.25) is 9.59 Å². The Balaban J connectivity index is 1.47. The molecule has 1 aliphatic rings. The van der Waals surface area contributed by atoms with E-state index >= 15 is 0 Å². The van der Waals surface area contributed by atoms with Crippen LogP contribution in [-0.4, -0.2) is 40.5 Å². The van der Waals surface area contributed by atoms with Crippen molar-refractivity contribution in [1.82, 2.24) is 9.97 Å². The lowest BCUT2D eigenvalue weighted by Crippen LogP contribution is -2.14. The fourth-order valence-corrected chi connectivity index (χ4v) is 3.79. The number of hydrogen-bond acceptors (Lipinski definition) is 6. The Morgan fingerprint density at radius 3 is 2.80 bits per heavy atom. The maximum Gasteiger partial charge on any atom is 0.303 e. The van der Waals surface area contributed by atoms with E-state index in [0.717, 1.165) is 55.7 Å². The summed E-state index contributed by atoms with van der Waals surface area (Å²) in [6.07, 6.45) is 6.86. The van der Waals surface area contributed by atoms with Gasteiger partial charge in [0.1, 0.15) is 11.6 Å². The highest BCUT2D eigenvalue weighted by atomic mass is 16.5. The van der Waals surface area contributed by atoms with E-state index in [2.05, 4.69) is 27.4 Å². The molecule has 0 spiro atoms. The van der Waals surface area contributed by atoms with E-state index in [9.17, 15) is 14.7 Å². The minimum Gasteiger partial charge on any atom is -0.481 e. The van der Waals surface area contributed by atoms with Crippen molar-refractivity contribution >= 4 is 17.6 Å². The number of nitrogens with one attached hydrogen (secondary N) is 1. The van der Waals surface area contributed by atoms with Gasteiger partial charge in [0.2, 0.25) is 5.88 Å². The van der Waals surface area contributed by atoms with Gasteiger partial charge in [0, 0.05) is 43.3 Å². The molecule has 3 rings (SSSR count). The number of aliphatic carboxylic acids is 1. The number of unbranched alkanes of at least 4 members (excludes halogenated alkanes) is 1. The Labute approximate surface area is 176 Å². The number of anilines is 1. The third kappa shape index (κ3) is 6.27. The first-order valence-corrected chi connectivity index (χ1v) is 10.5. The molecule has 0 bridgehead atoms. The predicted molar refractivity (Wildman–Crippen MR) is 114 cm³/mol. The third-order valence-electron chi connectivity index (χ3n) is 5.43. The van der Waals surface area contributed by atoms with Gasteiger partial charge in [-0.2, -0.15) is 0 Å². The van der Waals surface area contributed by atoms with Crippen LogP contribution < -0.4 is 10.1 Å². The number of hydrogen-bond donors (Lipinski definition) is 2. The van der Waals surface area contributed by atoms with Crippen LogP contribution in [0.25, 0.3) is 0 Å². The zero-order valence-corrected chi connectivity index (χ0v) is 17.4. The standard InChI is InChI=1S/C23H29N3O4/c1-30-21-11-9-17(15-25-21)18(14-22(28)29)13-20(27)7-3-2-6-19-10-8-16-5-4-12-24-23(16)26-19/h8-11,15,18H,2-7,12-14H2,1H3,(H,24,26)(H,28,29). The number of aryl methyl sites for hydroxylation is 2. The maximum atomic E-state index is 12.5. The molecule has 2 N–H and O–H groups in total. The summed E-state index contributed by atoms with van der Waals surface area (Å²) in [4.78, 5) is 32.5. The second kappa shape index (κ2) is 10.7. The molecule has 0 aliphatic carbocycles. The topological polar surface area (TPSA) is 101 Å². The maximum absolute atomic E-state index is 12.5. The van der Waals surface area contributed by atoms with Crippen LogP contribution in [0, 0.1) is 0 Å². The van der Waals surface area contributed by atoms with Crippen LogP contribution in [0.15, 0.2) is 30.5 Å². The quantitative estimate of drug-likeness (QED) is 0.543. The van der Waals surface area contributed by atoms with Gasteiger partial charge in [-0.25, -0.2) is 9.97 Å². The summed E-state index contributed by atoms with van der Waals surface area (Å²) in [6, 6.07) is 7.69. The van der Waals surface area contributed by atoms with E-state index in [-0.39, 0.29) is 24.5 Å². The SMILES string of the molecule is COc1ccc(C(CC(=O)O)CC(=O)CCCCc2ccc3c(n2)NCCC3)cn1. The Hall–Kier alpha value is -2.96. The van der Waals surface area contributed by atoms with E-state index < -0.39 is 5.97 Å². The molecule has 0 aromatic carbocycles. The van der Waals surface area contributed by atoms with Crippen molar-refractivity contribution in [2.24, 2.45) is 0 Å². The lowest BCUT2D eigenvalue weighted by Gasteiger charge is -2.17. The van der Waals surface area contributed by atoms with E-state index in [1.54, 1.807) is 18.3 Å². The van der Waals surface area contributed by atoms with Crippen LogP contribution in [0.2, 0.25) is 0 Å². The fraction of sp³-hybridized carbons (Fsp3) is 0.478. The molecule has 0 radical (unpaired) electrons. The number of ether oxygens (including phenoxy) is 1. The number of rotatable bonds is 11. The number of nitrogens with zero attached hydrogens (tertiary/aromatic N) is 2. The molecular formula is C23H29N3O4. The van der Waals surface area contributed by atoms with Crippen LogP contribution in [0.3, 0.4) is 0 Å². The van der Waals surface area contributed by atoms with Gasteiger partial charge in [0.15, 0.2) is 0 Å². The number of Topliss-reactive ketones (excluding diaryl/α,β-unsaturated/α-hetero) is 1. The van der Waals surface area contributed by atoms with Crippen LogP contribution >= 0.6 is 0 Å². The Morgan fingerprint density at radius 2 is 2.07 bits per heavy atom. The van der Waals surface area contributed by atoms with Gasteiger partial charge in [-0.05, 0) is 49.3 Å². The van der Waals surface area contributed by atoms with E-state index in [1.165, 1.54) is 12.7 Å². The molecule has 30 heavy (non-hydrogen) atoms. The molecule has 7 heteroatoms. The van der Waals surface area contributed by atoms with Gasteiger partial charge < -0.3 is 15.2 Å². The number of ketones is 1. The normalized spacial score (nSPS) is 13.8. The first kappa shape index (κ1) is 21.7. The molecule has 0 saturated heterocycles. The lowest BCUT2D eigenvalue weighted by atomic mass is 9.90. The number of carboxylic acids is 1. The van der Waals surface area contributed by atoms with Gasteiger partial charge in [0.05, 0.1) is 13.5 Å². The van der Waals surface area contributed by atoms with E-state index in [1.807, 2.05) is 0 Å². The molecule has 0 saturated carbocycles.